The van der Waals surface area contributed by atoms with Crippen LogP contribution < -0.4 is 10.2 Å². The average Bonchev–Trinajstić information content (AvgIpc) is 3.11. The van der Waals surface area contributed by atoms with Crippen LogP contribution in [0.5, 0.6) is 0 Å². The van der Waals surface area contributed by atoms with E-state index in [9.17, 15) is 9.90 Å². The Hall–Kier alpha value is -3.16. The zero-order valence-corrected chi connectivity index (χ0v) is 22.1. The summed E-state index contributed by atoms with van der Waals surface area (Å²) in [5.74, 6) is 0.829. The average molecular weight is 518 g/mol. The van der Waals surface area contributed by atoms with Gasteiger partial charge in [-0.15, -0.1) is 0 Å². The van der Waals surface area contributed by atoms with Crippen LogP contribution in [0.4, 0.5) is 23.1 Å². The monoisotopic (exact) mass is 517 g/mol. The van der Waals surface area contributed by atoms with Gasteiger partial charge < -0.3 is 20.2 Å². The number of para-hydroxylation sites is 1. The number of hydrogen-bond donors (Lipinski definition) is 2. The summed E-state index contributed by atoms with van der Waals surface area (Å²) < 4.78 is 0. The Balaban J connectivity index is 1.36. The van der Waals surface area contributed by atoms with Gasteiger partial charge >= 0.3 is 5.97 Å². The molecule has 7 nitrogen and oxygen atoms in total. The molecule has 6 rings (SSSR count). The van der Waals surface area contributed by atoms with Gasteiger partial charge in [0.2, 0.25) is 5.95 Å². The molecular weight excluding hydrogens is 486 g/mol. The fourth-order valence-electron chi connectivity index (χ4n) is 6.08. The molecule has 2 N–H and O–H groups in total. The van der Waals surface area contributed by atoms with Crippen LogP contribution in [0.3, 0.4) is 0 Å². The maximum absolute atomic E-state index is 11.7. The number of halogens is 1. The lowest BCUT2D eigenvalue weighted by Crippen LogP contribution is -2.31. The van der Waals surface area contributed by atoms with Crippen molar-refractivity contribution in [2.75, 3.05) is 30.4 Å². The maximum Gasteiger partial charge on any atom is 0.304 e. The van der Waals surface area contributed by atoms with Crippen molar-refractivity contribution < 1.29 is 9.90 Å². The summed E-state index contributed by atoms with van der Waals surface area (Å²) in [5.41, 5.74) is 6.62. The molecule has 8 heteroatoms. The molecule has 0 radical (unpaired) electrons. The molecule has 2 aromatic carbocycles. The predicted octanol–water partition coefficient (Wildman–Crippen LogP) is 6.01. The number of carbonyl (C=O) groups is 1. The van der Waals surface area contributed by atoms with E-state index in [-0.39, 0.29) is 6.42 Å². The molecule has 1 unspecified atom stereocenters. The molecule has 37 heavy (non-hydrogen) atoms. The van der Waals surface area contributed by atoms with E-state index in [1.165, 1.54) is 36.0 Å². The first kappa shape index (κ1) is 24.2. The maximum atomic E-state index is 11.7. The van der Waals surface area contributed by atoms with E-state index in [0.717, 1.165) is 36.4 Å². The Labute approximate surface area is 222 Å². The molecule has 0 spiro atoms. The summed E-state index contributed by atoms with van der Waals surface area (Å²) in [7, 11) is 2.16. The lowest BCUT2D eigenvalue weighted by molar-refractivity contribution is -0.138. The van der Waals surface area contributed by atoms with Crippen LogP contribution in [0.25, 0.3) is 0 Å². The number of likely N-dealkylation sites (N-methyl/N-ethyl adjacent to an activating group) is 1. The van der Waals surface area contributed by atoms with Gasteiger partial charge in [0.05, 0.1) is 12.6 Å². The molecule has 1 fully saturated rings. The van der Waals surface area contributed by atoms with Crippen molar-refractivity contribution in [1.82, 2.24) is 14.9 Å². The number of fused-ring (bicyclic) bond motifs is 2. The largest absolute Gasteiger partial charge is 0.481 e. The van der Waals surface area contributed by atoms with E-state index in [1.807, 2.05) is 36.1 Å². The highest BCUT2D eigenvalue weighted by Crippen LogP contribution is 2.47. The van der Waals surface area contributed by atoms with Gasteiger partial charge in [0.1, 0.15) is 5.02 Å². The summed E-state index contributed by atoms with van der Waals surface area (Å²) in [6.07, 6.45) is 6.45. The number of nitrogens with zero attached hydrogens (tertiary/aromatic N) is 4. The second-order valence-electron chi connectivity index (χ2n) is 11.0. The van der Waals surface area contributed by atoms with Gasteiger partial charge in [0.15, 0.2) is 5.82 Å². The Morgan fingerprint density at radius 3 is 2.81 bits per heavy atom. The summed E-state index contributed by atoms with van der Waals surface area (Å²) in [6.45, 7) is 4.50. The highest BCUT2D eigenvalue weighted by Gasteiger charge is 2.42. The van der Waals surface area contributed by atoms with Gasteiger partial charge in [-0.1, -0.05) is 49.2 Å². The first-order valence-electron chi connectivity index (χ1n) is 13.0. The SMILES string of the molecule is CN1CCc2cc(C3CCC3)c(Nc3ncc(Cl)c(N4CC(C)(CC(=O)O)c5ccccc54)n3)cc2C1. The molecule has 0 bridgehead atoms. The normalized spacial score (nSPS) is 21.3. The molecule has 3 aliphatic rings. The minimum atomic E-state index is -0.822. The summed E-state index contributed by atoms with van der Waals surface area (Å²) >= 11 is 6.65. The minimum Gasteiger partial charge on any atom is -0.481 e. The predicted molar refractivity (Wildman–Crippen MR) is 146 cm³/mol. The van der Waals surface area contributed by atoms with E-state index in [1.54, 1.807) is 6.20 Å². The molecular formula is C29H32ClN5O2. The van der Waals surface area contributed by atoms with Crippen LogP contribution in [0.1, 0.15) is 60.8 Å². The number of rotatable bonds is 6. The van der Waals surface area contributed by atoms with Gasteiger partial charge in [-0.05, 0) is 66.6 Å². The van der Waals surface area contributed by atoms with Crippen molar-refractivity contribution in [3.63, 3.8) is 0 Å². The Morgan fingerprint density at radius 2 is 2.05 bits per heavy atom. The van der Waals surface area contributed by atoms with Crippen LogP contribution in [0, 0.1) is 0 Å². The molecule has 2 aliphatic heterocycles. The van der Waals surface area contributed by atoms with E-state index in [0.29, 0.717) is 29.3 Å². The Morgan fingerprint density at radius 1 is 1.24 bits per heavy atom. The molecule has 1 aromatic heterocycles. The van der Waals surface area contributed by atoms with Gasteiger partial charge in [0.25, 0.3) is 0 Å². The molecule has 1 atom stereocenters. The first-order valence-corrected chi connectivity index (χ1v) is 13.4. The van der Waals surface area contributed by atoms with Gasteiger partial charge in [-0.3, -0.25) is 4.79 Å². The first-order chi connectivity index (χ1) is 17.8. The van der Waals surface area contributed by atoms with Gasteiger partial charge in [-0.2, -0.15) is 4.98 Å². The summed E-state index contributed by atoms with van der Waals surface area (Å²) in [4.78, 5) is 25.5. The number of benzene rings is 2. The summed E-state index contributed by atoms with van der Waals surface area (Å²) in [6, 6.07) is 12.6. The smallest absolute Gasteiger partial charge is 0.304 e. The van der Waals surface area contributed by atoms with Crippen LogP contribution >= 0.6 is 11.6 Å². The Bertz CT molecular complexity index is 1370. The van der Waals surface area contributed by atoms with Crippen LogP contribution in [-0.2, 0) is 23.2 Å². The number of carboxylic acids is 1. The topological polar surface area (TPSA) is 81.6 Å². The lowest BCUT2D eigenvalue weighted by atomic mass is 9.78. The fraction of sp³-hybridized carbons (Fsp3) is 0.414. The number of hydrogen-bond acceptors (Lipinski definition) is 6. The van der Waals surface area contributed by atoms with Crippen LogP contribution in [0.15, 0.2) is 42.6 Å². The van der Waals surface area contributed by atoms with Crippen molar-refractivity contribution in [2.45, 2.75) is 56.9 Å². The zero-order valence-electron chi connectivity index (χ0n) is 21.3. The lowest BCUT2D eigenvalue weighted by Gasteiger charge is -2.32. The standard InChI is InChI=1S/C29H32ClN5O2/c1-29(14-26(36)37)17-35(25-9-4-3-8-22(25)29)27-23(30)15-31-28(33-27)32-24-13-20-16-34(2)11-10-19(20)12-21(24)18-6-5-7-18/h3-4,8-9,12-13,15,18H,5-7,10-11,14,16-17H2,1-2H3,(H,36,37)(H,31,32,33). The number of carboxylic acid groups (broad SMARTS) is 1. The number of nitrogens with one attached hydrogen (secondary N) is 1. The Kier molecular flexibility index (Phi) is 6.08. The highest BCUT2D eigenvalue weighted by molar-refractivity contribution is 6.33. The van der Waals surface area contributed by atoms with Gasteiger partial charge in [-0.25, -0.2) is 4.98 Å². The third-order valence-corrected chi connectivity index (χ3v) is 8.51. The van der Waals surface area contributed by atoms with E-state index in [2.05, 4.69) is 34.4 Å². The van der Waals surface area contributed by atoms with Crippen LogP contribution in [0.2, 0.25) is 5.02 Å². The minimum absolute atomic E-state index is 0.0304. The van der Waals surface area contributed by atoms with Crippen LogP contribution in [-0.4, -0.2) is 46.1 Å². The number of aromatic nitrogens is 2. The second kappa shape index (κ2) is 9.30. The molecule has 3 aromatic rings. The molecule has 0 saturated heterocycles. The van der Waals surface area contributed by atoms with Crippen molar-refractivity contribution in [3.05, 3.63) is 69.9 Å². The molecule has 1 saturated carbocycles. The van der Waals surface area contributed by atoms with E-state index in [4.69, 9.17) is 16.6 Å². The van der Waals surface area contributed by atoms with E-state index < -0.39 is 11.4 Å². The van der Waals surface area contributed by atoms with Crippen molar-refractivity contribution in [1.29, 1.82) is 0 Å². The van der Waals surface area contributed by atoms with Crippen molar-refractivity contribution in [3.8, 4) is 0 Å². The van der Waals surface area contributed by atoms with E-state index >= 15 is 0 Å². The van der Waals surface area contributed by atoms with Gasteiger partial charge in [0, 0.05) is 36.4 Å². The molecule has 192 valence electrons. The molecule has 3 heterocycles. The third-order valence-electron chi connectivity index (χ3n) is 8.24. The quantitative estimate of drug-likeness (QED) is 0.414. The number of anilines is 4. The molecule has 0 amide bonds. The second-order valence-corrected chi connectivity index (χ2v) is 11.5. The highest BCUT2D eigenvalue weighted by atomic mass is 35.5. The summed E-state index contributed by atoms with van der Waals surface area (Å²) in [5, 5.41) is 13.6. The fourth-order valence-corrected chi connectivity index (χ4v) is 6.27. The zero-order chi connectivity index (χ0) is 25.7. The number of aliphatic carboxylic acids is 1. The molecule has 1 aliphatic carbocycles. The third kappa shape index (κ3) is 4.44. The van der Waals surface area contributed by atoms with Crippen molar-refractivity contribution >= 4 is 40.7 Å². The van der Waals surface area contributed by atoms with Crippen molar-refractivity contribution in [2.24, 2.45) is 0 Å².